The van der Waals surface area contributed by atoms with Crippen LogP contribution < -0.4 is 5.32 Å². The molecule has 0 radical (unpaired) electrons. The zero-order valence-electron chi connectivity index (χ0n) is 9.46. The molecule has 3 nitrogen and oxygen atoms in total. The van der Waals surface area contributed by atoms with Crippen molar-refractivity contribution in [3.63, 3.8) is 0 Å². The number of hydrogen-bond acceptors (Lipinski definition) is 2. The molecule has 0 aliphatic carbocycles. The Morgan fingerprint density at radius 1 is 1.32 bits per heavy atom. The van der Waals surface area contributed by atoms with Gasteiger partial charge in [-0.1, -0.05) is 29.8 Å². The molecule has 0 spiro atoms. The van der Waals surface area contributed by atoms with Crippen LogP contribution in [0.15, 0.2) is 30.3 Å². The molecule has 0 aliphatic heterocycles. The van der Waals surface area contributed by atoms with E-state index in [1.807, 2.05) is 5.32 Å². The van der Waals surface area contributed by atoms with Crippen LogP contribution in [0, 0.1) is 0 Å². The normalized spacial score (nSPS) is 11.6. The van der Waals surface area contributed by atoms with E-state index in [0.29, 0.717) is 10.9 Å². The minimum Gasteiger partial charge on any atom is -0.343 e. The third-order valence-corrected chi connectivity index (χ3v) is 2.57. The number of rotatable bonds is 2. The molecule has 7 heteroatoms. The number of nitrogens with one attached hydrogen (secondary N) is 1. The number of nitrogens with zero attached hydrogens (tertiary/aromatic N) is 1. The molecular formula is C12H8ClF3N2O. The highest BCUT2D eigenvalue weighted by Crippen LogP contribution is 2.21. The van der Waals surface area contributed by atoms with Crippen LogP contribution in [-0.4, -0.2) is 23.6 Å². The van der Waals surface area contributed by atoms with Crippen molar-refractivity contribution in [3.8, 4) is 0 Å². The van der Waals surface area contributed by atoms with Gasteiger partial charge in [-0.25, -0.2) is 4.98 Å². The molecule has 1 aromatic carbocycles. The number of hydrogen-bond donors (Lipinski definition) is 1. The fraction of sp³-hybridized carbons (Fsp3) is 0.167. The lowest BCUT2D eigenvalue weighted by Crippen LogP contribution is -2.33. The Kier molecular flexibility index (Phi) is 3.61. The van der Waals surface area contributed by atoms with Gasteiger partial charge >= 0.3 is 6.18 Å². The Bertz CT molecular complexity index is 628. The molecule has 2 rings (SSSR count). The van der Waals surface area contributed by atoms with Crippen molar-refractivity contribution < 1.29 is 18.0 Å². The summed E-state index contributed by atoms with van der Waals surface area (Å²) in [5.41, 5.74) is 0.520. The highest BCUT2D eigenvalue weighted by Gasteiger charge is 2.28. The van der Waals surface area contributed by atoms with E-state index in [2.05, 4.69) is 4.98 Å². The number of para-hydroxylation sites is 1. The Morgan fingerprint density at radius 3 is 2.68 bits per heavy atom. The molecule has 1 amide bonds. The van der Waals surface area contributed by atoms with Crippen LogP contribution in [0.25, 0.3) is 10.9 Å². The highest BCUT2D eigenvalue weighted by atomic mass is 35.5. The predicted molar refractivity (Wildman–Crippen MR) is 65.1 cm³/mol. The quantitative estimate of drug-likeness (QED) is 0.863. The molecule has 1 heterocycles. The number of halogens is 4. The van der Waals surface area contributed by atoms with Gasteiger partial charge < -0.3 is 5.32 Å². The van der Waals surface area contributed by atoms with Crippen molar-refractivity contribution in [2.24, 2.45) is 0 Å². The number of pyridine rings is 1. The standard InChI is InChI=1S/C12H8ClF3N2O/c13-10-5-8(11(19)17-6-12(14,15)16)7-3-1-2-4-9(7)18-10/h1-5H,6H2,(H,17,19). The summed E-state index contributed by atoms with van der Waals surface area (Å²) in [6.07, 6.45) is -4.46. The maximum Gasteiger partial charge on any atom is 0.405 e. The molecule has 0 fully saturated rings. The SMILES string of the molecule is O=C(NCC(F)(F)F)c1cc(Cl)nc2ccccc12. The molecule has 1 aromatic heterocycles. The van der Waals surface area contributed by atoms with Gasteiger partial charge in [0.15, 0.2) is 0 Å². The number of fused-ring (bicyclic) bond motifs is 1. The summed E-state index contributed by atoms with van der Waals surface area (Å²) in [5.74, 6) is -0.835. The topological polar surface area (TPSA) is 42.0 Å². The van der Waals surface area contributed by atoms with E-state index in [0.717, 1.165) is 0 Å². The van der Waals surface area contributed by atoms with E-state index >= 15 is 0 Å². The van der Waals surface area contributed by atoms with Gasteiger partial charge in [0.1, 0.15) is 11.7 Å². The third kappa shape index (κ3) is 3.35. The summed E-state index contributed by atoms with van der Waals surface area (Å²) < 4.78 is 36.2. The van der Waals surface area contributed by atoms with Gasteiger partial charge in [0.25, 0.3) is 5.91 Å². The number of amides is 1. The van der Waals surface area contributed by atoms with Crippen LogP contribution in [0.2, 0.25) is 5.15 Å². The first-order chi connectivity index (χ1) is 8.87. The third-order valence-electron chi connectivity index (χ3n) is 2.38. The average Bonchev–Trinajstić information content (AvgIpc) is 2.34. The monoisotopic (exact) mass is 288 g/mol. The van der Waals surface area contributed by atoms with Gasteiger partial charge in [0.05, 0.1) is 11.1 Å². The number of carbonyl (C=O) groups excluding carboxylic acids is 1. The first-order valence-corrected chi connectivity index (χ1v) is 5.65. The molecule has 0 aliphatic rings. The van der Waals surface area contributed by atoms with Crippen molar-refractivity contribution >= 4 is 28.4 Å². The number of aromatic nitrogens is 1. The molecule has 0 unspecified atom stereocenters. The summed E-state index contributed by atoms with van der Waals surface area (Å²) in [7, 11) is 0. The molecule has 0 saturated heterocycles. The molecule has 1 N–H and O–H groups in total. The number of benzene rings is 1. The van der Waals surface area contributed by atoms with Gasteiger partial charge in [-0.05, 0) is 12.1 Å². The Labute approximate surface area is 111 Å². The lowest BCUT2D eigenvalue weighted by atomic mass is 10.1. The molecule has 0 saturated carbocycles. The maximum atomic E-state index is 12.1. The van der Waals surface area contributed by atoms with Gasteiger partial charge in [-0.3, -0.25) is 4.79 Å². The Balaban J connectivity index is 2.36. The second-order valence-corrected chi connectivity index (χ2v) is 4.19. The molecule has 0 atom stereocenters. The first-order valence-electron chi connectivity index (χ1n) is 5.27. The highest BCUT2D eigenvalue weighted by molar-refractivity contribution is 6.30. The van der Waals surface area contributed by atoms with Crippen molar-refractivity contribution in [3.05, 3.63) is 41.0 Å². The van der Waals surface area contributed by atoms with E-state index < -0.39 is 18.6 Å². The minimum absolute atomic E-state index is 0.0517. The van der Waals surface area contributed by atoms with Gasteiger partial charge in [0.2, 0.25) is 0 Å². The van der Waals surface area contributed by atoms with Crippen LogP contribution in [0.1, 0.15) is 10.4 Å². The van der Waals surface area contributed by atoms with Crippen LogP contribution in [0.5, 0.6) is 0 Å². The average molecular weight is 289 g/mol. The summed E-state index contributed by atoms with van der Waals surface area (Å²) in [6.45, 7) is -1.39. The largest absolute Gasteiger partial charge is 0.405 e. The summed E-state index contributed by atoms with van der Waals surface area (Å²) >= 11 is 5.74. The van der Waals surface area contributed by atoms with Crippen LogP contribution in [0.4, 0.5) is 13.2 Å². The minimum atomic E-state index is -4.46. The van der Waals surface area contributed by atoms with E-state index in [-0.39, 0.29) is 10.7 Å². The fourth-order valence-corrected chi connectivity index (χ4v) is 1.81. The lowest BCUT2D eigenvalue weighted by Gasteiger charge is -2.10. The smallest absolute Gasteiger partial charge is 0.343 e. The molecule has 19 heavy (non-hydrogen) atoms. The summed E-state index contributed by atoms with van der Waals surface area (Å²) in [6, 6.07) is 7.83. The second kappa shape index (κ2) is 5.05. The zero-order valence-corrected chi connectivity index (χ0v) is 10.2. The van der Waals surface area contributed by atoms with Crippen LogP contribution in [0.3, 0.4) is 0 Å². The molecule has 0 bridgehead atoms. The van der Waals surface area contributed by atoms with Crippen molar-refractivity contribution in [1.29, 1.82) is 0 Å². The lowest BCUT2D eigenvalue weighted by molar-refractivity contribution is -0.123. The Morgan fingerprint density at radius 2 is 2.00 bits per heavy atom. The van der Waals surface area contributed by atoms with Crippen molar-refractivity contribution in [1.82, 2.24) is 10.3 Å². The maximum absolute atomic E-state index is 12.1. The van der Waals surface area contributed by atoms with Crippen LogP contribution >= 0.6 is 11.6 Å². The zero-order chi connectivity index (χ0) is 14.0. The van der Waals surface area contributed by atoms with Crippen molar-refractivity contribution in [2.75, 3.05) is 6.54 Å². The molecule has 2 aromatic rings. The Hall–Kier alpha value is -1.82. The fourth-order valence-electron chi connectivity index (χ4n) is 1.61. The van der Waals surface area contributed by atoms with E-state index in [9.17, 15) is 18.0 Å². The molecule has 100 valence electrons. The van der Waals surface area contributed by atoms with Crippen molar-refractivity contribution in [2.45, 2.75) is 6.18 Å². The second-order valence-electron chi connectivity index (χ2n) is 3.81. The van der Waals surface area contributed by atoms with Gasteiger partial charge in [-0.15, -0.1) is 0 Å². The van der Waals surface area contributed by atoms with E-state index in [1.54, 1.807) is 24.3 Å². The van der Waals surface area contributed by atoms with Crippen LogP contribution in [-0.2, 0) is 0 Å². The first kappa shape index (κ1) is 13.6. The summed E-state index contributed by atoms with van der Waals surface area (Å²) in [5, 5.41) is 2.31. The van der Waals surface area contributed by atoms with Gasteiger partial charge in [0, 0.05) is 5.39 Å². The predicted octanol–water partition coefficient (Wildman–Crippen LogP) is 3.18. The molecular weight excluding hydrogens is 281 g/mol. The van der Waals surface area contributed by atoms with E-state index in [4.69, 9.17) is 11.6 Å². The summed E-state index contributed by atoms with van der Waals surface area (Å²) in [4.78, 5) is 15.8. The number of carbonyl (C=O) groups is 1. The number of alkyl halides is 3. The van der Waals surface area contributed by atoms with Gasteiger partial charge in [-0.2, -0.15) is 13.2 Å². The van der Waals surface area contributed by atoms with E-state index in [1.165, 1.54) is 6.07 Å².